The van der Waals surface area contributed by atoms with E-state index in [0.29, 0.717) is 18.6 Å². The van der Waals surface area contributed by atoms with Crippen LogP contribution < -0.4 is 15.8 Å². The maximum atomic E-state index is 5.83. The Kier molecular flexibility index (Phi) is 4.48. The fraction of sp³-hybridized carbons (Fsp3) is 0.600. The molecular weight excluding hydrogens is 224 g/mol. The van der Waals surface area contributed by atoms with Crippen LogP contribution in [-0.2, 0) is 0 Å². The fourth-order valence-electron chi connectivity index (χ4n) is 2.73. The van der Waals surface area contributed by atoms with Crippen molar-refractivity contribution < 1.29 is 4.74 Å². The van der Waals surface area contributed by atoms with E-state index in [1.54, 1.807) is 0 Å². The van der Waals surface area contributed by atoms with Gasteiger partial charge in [0.2, 0.25) is 0 Å². The van der Waals surface area contributed by atoms with Gasteiger partial charge < -0.3 is 15.8 Å². The van der Waals surface area contributed by atoms with Crippen molar-refractivity contribution >= 4 is 5.69 Å². The van der Waals surface area contributed by atoms with Crippen molar-refractivity contribution in [2.75, 3.05) is 18.5 Å². The van der Waals surface area contributed by atoms with Gasteiger partial charge in [-0.15, -0.1) is 0 Å². The molecule has 2 atom stereocenters. The van der Waals surface area contributed by atoms with E-state index in [1.165, 1.54) is 24.8 Å². The summed E-state index contributed by atoms with van der Waals surface area (Å²) in [5.41, 5.74) is 8.16. The number of nitrogens with two attached hydrogens (primary N) is 1. The van der Waals surface area contributed by atoms with E-state index in [2.05, 4.69) is 30.4 Å². The maximum absolute atomic E-state index is 5.83. The molecule has 3 N–H and O–H groups in total. The molecule has 0 spiro atoms. The molecule has 1 saturated carbocycles. The Balaban J connectivity index is 2.12. The highest BCUT2D eigenvalue weighted by Crippen LogP contribution is 2.32. The van der Waals surface area contributed by atoms with Crippen LogP contribution in [0.25, 0.3) is 0 Å². The summed E-state index contributed by atoms with van der Waals surface area (Å²) < 4.78 is 5.70. The fourth-order valence-corrected chi connectivity index (χ4v) is 2.73. The van der Waals surface area contributed by atoms with Gasteiger partial charge >= 0.3 is 0 Å². The Labute approximate surface area is 110 Å². The number of hydrogen-bond acceptors (Lipinski definition) is 3. The molecular formula is C15H24N2O. The molecule has 1 aromatic rings. The van der Waals surface area contributed by atoms with E-state index in [-0.39, 0.29) is 0 Å². The first-order valence-electron chi connectivity index (χ1n) is 6.94. The van der Waals surface area contributed by atoms with E-state index < -0.39 is 0 Å². The molecule has 0 aromatic heterocycles. The average Bonchev–Trinajstić information content (AvgIpc) is 2.80. The molecule has 1 aliphatic carbocycles. The zero-order valence-corrected chi connectivity index (χ0v) is 11.4. The first-order chi connectivity index (χ1) is 8.74. The van der Waals surface area contributed by atoms with E-state index in [9.17, 15) is 0 Å². The maximum Gasteiger partial charge on any atom is 0.142 e. The van der Waals surface area contributed by atoms with E-state index in [0.717, 1.165) is 18.0 Å². The zero-order chi connectivity index (χ0) is 13.0. The number of aryl methyl sites for hydroxylation is 1. The second-order valence-corrected chi connectivity index (χ2v) is 5.11. The van der Waals surface area contributed by atoms with Crippen LogP contribution in [0.1, 0.15) is 31.7 Å². The Morgan fingerprint density at radius 1 is 1.39 bits per heavy atom. The van der Waals surface area contributed by atoms with Gasteiger partial charge in [-0.3, -0.25) is 0 Å². The van der Waals surface area contributed by atoms with Gasteiger partial charge in [0.1, 0.15) is 5.75 Å². The summed E-state index contributed by atoms with van der Waals surface area (Å²) in [4.78, 5) is 0. The van der Waals surface area contributed by atoms with Crippen molar-refractivity contribution in [1.29, 1.82) is 0 Å². The molecule has 18 heavy (non-hydrogen) atoms. The monoisotopic (exact) mass is 248 g/mol. The molecule has 0 radical (unpaired) electrons. The van der Waals surface area contributed by atoms with Crippen LogP contribution in [0.15, 0.2) is 18.2 Å². The number of rotatable bonds is 5. The Morgan fingerprint density at radius 2 is 2.22 bits per heavy atom. The quantitative estimate of drug-likeness (QED) is 0.842. The van der Waals surface area contributed by atoms with Gasteiger partial charge in [0.05, 0.1) is 12.3 Å². The second-order valence-electron chi connectivity index (χ2n) is 5.11. The molecule has 2 rings (SSSR count). The van der Waals surface area contributed by atoms with E-state index >= 15 is 0 Å². The van der Waals surface area contributed by atoms with Crippen LogP contribution in [0, 0.1) is 12.8 Å². The minimum Gasteiger partial charge on any atom is -0.492 e. The third-order valence-corrected chi connectivity index (χ3v) is 3.74. The van der Waals surface area contributed by atoms with Crippen LogP contribution in [0.2, 0.25) is 0 Å². The molecule has 1 fully saturated rings. The Hall–Kier alpha value is -1.22. The summed E-state index contributed by atoms with van der Waals surface area (Å²) in [6, 6.07) is 6.83. The SMILES string of the molecule is CCOc1cc(C)ccc1NC1CCCC1CN. The summed E-state index contributed by atoms with van der Waals surface area (Å²) >= 11 is 0. The molecule has 100 valence electrons. The number of ether oxygens (including phenoxy) is 1. The first kappa shape index (κ1) is 13.2. The minimum atomic E-state index is 0.497. The Morgan fingerprint density at radius 3 is 2.94 bits per heavy atom. The second kappa shape index (κ2) is 6.10. The smallest absolute Gasteiger partial charge is 0.142 e. The first-order valence-corrected chi connectivity index (χ1v) is 6.94. The van der Waals surface area contributed by atoms with Gasteiger partial charge in [-0.2, -0.15) is 0 Å². The molecule has 1 aromatic carbocycles. The molecule has 0 saturated heterocycles. The third-order valence-electron chi connectivity index (χ3n) is 3.74. The minimum absolute atomic E-state index is 0.497. The molecule has 0 aliphatic heterocycles. The molecule has 3 nitrogen and oxygen atoms in total. The van der Waals surface area contributed by atoms with Crippen LogP contribution in [0.3, 0.4) is 0 Å². The predicted molar refractivity (Wildman–Crippen MR) is 76.2 cm³/mol. The van der Waals surface area contributed by atoms with Crippen molar-refractivity contribution in [3.05, 3.63) is 23.8 Å². The highest BCUT2D eigenvalue weighted by atomic mass is 16.5. The standard InChI is InChI=1S/C15H24N2O/c1-3-18-15-9-11(2)7-8-14(15)17-13-6-4-5-12(13)10-16/h7-9,12-13,17H,3-6,10,16H2,1-2H3. The summed E-state index contributed by atoms with van der Waals surface area (Å²) in [5, 5.41) is 3.62. The van der Waals surface area contributed by atoms with Crippen LogP contribution in [0.5, 0.6) is 5.75 Å². The van der Waals surface area contributed by atoms with Gasteiger partial charge in [-0.1, -0.05) is 12.5 Å². The lowest BCUT2D eigenvalue weighted by Gasteiger charge is -2.22. The summed E-state index contributed by atoms with van der Waals surface area (Å²) in [6.45, 7) is 5.57. The molecule has 0 bridgehead atoms. The van der Waals surface area contributed by atoms with Crippen molar-refractivity contribution in [3.8, 4) is 5.75 Å². The third kappa shape index (κ3) is 2.96. The van der Waals surface area contributed by atoms with Crippen molar-refractivity contribution in [3.63, 3.8) is 0 Å². The van der Waals surface area contributed by atoms with Crippen molar-refractivity contribution in [2.45, 2.75) is 39.2 Å². The van der Waals surface area contributed by atoms with E-state index in [4.69, 9.17) is 10.5 Å². The molecule has 0 amide bonds. The number of hydrogen-bond donors (Lipinski definition) is 2. The van der Waals surface area contributed by atoms with Crippen molar-refractivity contribution in [1.82, 2.24) is 0 Å². The molecule has 2 unspecified atom stereocenters. The van der Waals surface area contributed by atoms with Gasteiger partial charge in [0.25, 0.3) is 0 Å². The van der Waals surface area contributed by atoms with Gasteiger partial charge in [0.15, 0.2) is 0 Å². The number of anilines is 1. The van der Waals surface area contributed by atoms with Crippen LogP contribution in [-0.4, -0.2) is 19.2 Å². The predicted octanol–water partition coefficient (Wildman–Crippen LogP) is 2.93. The van der Waals surface area contributed by atoms with Crippen molar-refractivity contribution in [2.24, 2.45) is 11.7 Å². The lowest BCUT2D eigenvalue weighted by atomic mass is 10.0. The highest BCUT2D eigenvalue weighted by Gasteiger charge is 2.26. The summed E-state index contributed by atoms with van der Waals surface area (Å²) in [6.07, 6.45) is 3.72. The normalized spacial score (nSPS) is 23.1. The largest absolute Gasteiger partial charge is 0.492 e. The average molecular weight is 248 g/mol. The van der Waals surface area contributed by atoms with E-state index in [1.807, 2.05) is 6.92 Å². The topological polar surface area (TPSA) is 47.3 Å². The van der Waals surface area contributed by atoms with Gasteiger partial charge in [0, 0.05) is 6.04 Å². The molecule has 0 heterocycles. The molecule has 3 heteroatoms. The highest BCUT2D eigenvalue weighted by molar-refractivity contribution is 5.58. The summed E-state index contributed by atoms with van der Waals surface area (Å²) in [5.74, 6) is 1.56. The van der Waals surface area contributed by atoms with Gasteiger partial charge in [-0.05, 0) is 56.8 Å². The lowest BCUT2D eigenvalue weighted by molar-refractivity contribution is 0.341. The van der Waals surface area contributed by atoms with Crippen LogP contribution >= 0.6 is 0 Å². The number of benzene rings is 1. The zero-order valence-electron chi connectivity index (χ0n) is 11.4. The molecule has 1 aliphatic rings. The Bertz CT molecular complexity index is 392. The van der Waals surface area contributed by atoms with Crippen LogP contribution in [0.4, 0.5) is 5.69 Å². The lowest BCUT2D eigenvalue weighted by Crippen LogP contribution is -2.29. The summed E-state index contributed by atoms with van der Waals surface area (Å²) in [7, 11) is 0. The van der Waals surface area contributed by atoms with Gasteiger partial charge in [-0.25, -0.2) is 0 Å². The number of nitrogens with one attached hydrogen (secondary N) is 1.